The summed E-state index contributed by atoms with van der Waals surface area (Å²) >= 11 is 0. The Morgan fingerprint density at radius 1 is 1.46 bits per heavy atom. The maximum atomic E-state index is 3.49. The highest BCUT2D eigenvalue weighted by Crippen LogP contribution is 2.18. The molecular formula is C11H20N2. The normalized spacial score (nSPS) is 14.5. The van der Waals surface area contributed by atoms with Gasteiger partial charge in [-0.15, -0.1) is 0 Å². The second-order valence-corrected chi connectivity index (χ2v) is 4.66. The average molecular weight is 180 g/mol. The van der Waals surface area contributed by atoms with Gasteiger partial charge in [-0.2, -0.15) is 0 Å². The third-order valence-corrected chi connectivity index (χ3v) is 2.56. The van der Waals surface area contributed by atoms with E-state index in [2.05, 4.69) is 44.1 Å². The molecule has 0 aliphatic heterocycles. The van der Waals surface area contributed by atoms with Gasteiger partial charge in [0, 0.05) is 24.5 Å². The highest BCUT2D eigenvalue weighted by atomic mass is 14.9. The van der Waals surface area contributed by atoms with Gasteiger partial charge in [-0.1, -0.05) is 20.8 Å². The maximum absolute atomic E-state index is 3.49. The van der Waals surface area contributed by atoms with Crippen LogP contribution in [0.2, 0.25) is 0 Å². The van der Waals surface area contributed by atoms with Crippen LogP contribution < -0.4 is 5.32 Å². The molecule has 0 spiro atoms. The fourth-order valence-electron chi connectivity index (χ4n) is 1.05. The van der Waals surface area contributed by atoms with Crippen LogP contribution in [-0.2, 0) is 6.54 Å². The zero-order valence-corrected chi connectivity index (χ0v) is 9.02. The van der Waals surface area contributed by atoms with E-state index in [9.17, 15) is 0 Å². The van der Waals surface area contributed by atoms with Crippen molar-refractivity contribution in [2.24, 2.45) is 5.41 Å². The molecule has 1 heterocycles. The number of nitrogens with one attached hydrogen (secondary N) is 2. The van der Waals surface area contributed by atoms with E-state index in [4.69, 9.17) is 0 Å². The summed E-state index contributed by atoms with van der Waals surface area (Å²) in [5.74, 6) is 0. The van der Waals surface area contributed by atoms with E-state index in [-0.39, 0.29) is 0 Å². The number of H-pyrrole nitrogens is 1. The Kier molecular flexibility index (Phi) is 3.15. The lowest BCUT2D eigenvalue weighted by atomic mass is 9.88. The fraction of sp³-hybridized carbons (Fsp3) is 0.636. The van der Waals surface area contributed by atoms with E-state index in [1.807, 2.05) is 12.3 Å². The van der Waals surface area contributed by atoms with Gasteiger partial charge >= 0.3 is 0 Å². The van der Waals surface area contributed by atoms with Crippen molar-refractivity contribution in [2.75, 3.05) is 0 Å². The van der Waals surface area contributed by atoms with Crippen molar-refractivity contribution in [1.82, 2.24) is 10.3 Å². The first-order valence-electron chi connectivity index (χ1n) is 4.86. The molecule has 0 bridgehead atoms. The zero-order valence-electron chi connectivity index (χ0n) is 9.02. The van der Waals surface area contributed by atoms with Crippen LogP contribution in [0.25, 0.3) is 0 Å². The molecule has 1 aromatic heterocycles. The summed E-state index contributed by atoms with van der Waals surface area (Å²) in [5, 5.41) is 3.49. The van der Waals surface area contributed by atoms with E-state index < -0.39 is 0 Å². The molecule has 1 atom stereocenters. The van der Waals surface area contributed by atoms with Crippen LogP contribution >= 0.6 is 0 Å². The minimum Gasteiger partial charge on any atom is -0.364 e. The van der Waals surface area contributed by atoms with Crippen LogP contribution in [0.15, 0.2) is 18.3 Å². The molecule has 0 saturated heterocycles. The first-order chi connectivity index (χ1) is 6.00. The molecule has 2 N–H and O–H groups in total. The molecule has 0 radical (unpaired) electrons. The lowest BCUT2D eigenvalue weighted by molar-refractivity contribution is 0.284. The number of aromatic nitrogens is 1. The second-order valence-electron chi connectivity index (χ2n) is 4.66. The molecule has 0 saturated carbocycles. The van der Waals surface area contributed by atoms with Crippen LogP contribution in [0, 0.1) is 5.41 Å². The van der Waals surface area contributed by atoms with E-state index >= 15 is 0 Å². The van der Waals surface area contributed by atoms with Gasteiger partial charge < -0.3 is 10.3 Å². The highest BCUT2D eigenvalue weighted by molar-refractivity contribution is 5.03. The minimum absolute atomic E-state index is 0.326. The van der Waals surface area contributed by atoms with Crippen molar-refractivity contribution in [1.29, 1.82) is 0 Å². The van der Waals surface area contributed by atoms with Crippen molar-refractivity contribution in [3.8, 4) is 0 Å². The van der Waals surface area contributed by atoms with Crippen molar-refractivity contribution in [3.63, 3.8) is 0 Å². The predicted octanol–water partition coefficient (Wildman–Crippen LogP) is 2.54. The Morgan fingerprint density at radius 3 is 2.62 bits per heavy atom. The Morgan fingerprint density at radius 2 is 2.15 bits per heavy atom. The van der Waals surface area contributed by atoms with Crippen LogP contribution in [0.3, 0.4) is 0 Å². The molecule has 0 fully saturated rings. The summed E-state index contributed by atoms with van der Waals surface area (Å²) in [6.45, 7) is 9.90. The summed E-state index contributed by atoms with van der Waals surface area (Å²) in [5.41, 5.74) is 1.57. The molecule has 0 aromatic carbocycles. The van der Waals surface area contributed by atoms with Crippen LogP contribution in [0.1, 0.15) is 33.4 Å². The van der Waals surface area contributed by atoms with Crippen molar-refractivity contribution in [2.45, 2.75) is 40.3 Å². The standard InChI is InChI=1S/C11H20N2/c1-9(11(2,3)4)13-8-10-6-5-7-12-10/h5-7,9,12-13H,8H2,1-4H3. The van der Waals surface area contributed by atoms with Crippen molar-refractivity contribution >= 4 is 0 Å². The van der Waals surface area contributed by atoms with Gasteiger partial charge in [-0.05, 0) is 24.5 Å². The molecule has 0 amide bonds. The highest BCUT2D eigenvalue weighted by Gasteiger charge is 2.18. The molecule has 74 valence electrons. The Balaban J connectivity index is 2.35. The number of hydrogen-bond acceptors (Lipinski definition) is 1. The van der Waals surface area contributed by atoms with E-state index in [1.54, 1.807) is 0 Å². The zero-order chi connectivity index (χ0) is 9.90. The van der Waals surface area contributed by atoms with Gasteiger partial charge in [-0.3, -0.25) is 0 Å². The first kappa shape index (κ1) is 10.3. The van der Waals surface area contributed by atoms with E-state index in [1.165, 1.54) is 5.69 Å². The largest absolute Gasteiger partial charge is 0.364 e. The minimum atomic E-state index is 0.326. The molecule has 1 unspecified atom stereocenters. The van der Waals surface area contributed by atoms with Gasteiger partial charge in [-0.25, -0.2) is 0 Å². The predicted molar refractivity (Wildman–Crippen MR) is 56.5 cm³/mol. The van der Waals surface area contributed by atoms with Crippen LogP contribution in [0.4, 0.5) is 0 Å². The summed E-state index contributed by atoms with van der Waals surface area (Å²) in [6, 6.07) is 4.65. The Labute approximate surface area is 80.7 Å². The van der Waals surface area contributed by atoms with Gasteiger partial charge in [0.05, 0.1) is 0 Å². The maximum Gasteiger partial charge on any atom is 0.0359 e. The molecule has 13 heavy (non-hydrogen) atoms. The molecule has 2 nitrogen and oxygen atoms in total. The average Bonchev–Trinajstić information content (AvgIpc) is 2.50. The monoisotopic (exact) mass is 180 g/mol. The summed E-state index contributed by atoms with van der Waals surface area (Å²) in [6.07, 6.45) is 1.96. The molecular weight excluding hydrogens is 160 g/mol. The topological polar surface area (TPSA) is 27.8 Å². The summed E-state index contributed by atoms with van der Waals surface area (Å²) in [7, 11) is 0. The van der Waals surface area contributed by atoms with Crippen LogP contribution in [-0.4, -0.2) is 11.0 Å². The smallest absolute Gasteiger partial charge is 0.0359 e. The van der Waals surface area contributed by atoms with Crippen LogP contribution in [0.5, 0.6) is 0 Å². The number of hydrogen-bond donors (Lipinski definition) is 2. The molecule has 2 heteroatoms. The Bertz CT molecular complexity index is 231. The number of rotatable bonds is 3. The quantitative estimate of drug-likeness (QED) is 0.735. The van der Waals surface area contributed by atoms with Crippen molar-refractivity contribution in [3.05, 3.63) is 24.0 Å². The van der Waals surface area contributed by atoms with Gasteiger partial charge in [0.25, 0.3) is 0 Å². The molecule has 1 aromatic rings. The third kappa shape index (κ3) is 3.23. The van der Waals surface area contributed by atoms with E-state index in [0.29, 0.717) is 11.5 Å². The van der Waals surface area contributed by atoms with Gasteiger partial charge in [0.2, 0.25) is 0 Å². The lowest BCUT2D eigenvalue weighted by Crippen LogP contribution is -2.37. The number of aromatic amines is 1. The van der Waals surface area contributed by atoms with Gasteiger partial charge in [0.1, 0.15) is 0 Å². The second kappa shape index (κ2) is 3.97. The summed E-state index contributed by atoms with van der Waals surface area (Å²) in [4.78, 5) is 3.18. The third-order valence-electron chi connectivity index (χ3n) is 2.56. The fourth-order valence-corrected chi connectivity index (χ4v) is 1.05. The first-order valence-corrected chi connectivity index (χ1v) is 4.86. The van der Waals surface area contributed by atoms with Crippen molar-refractivity contribution < 1.29 is 0 Å². The molecule has 1 rings (SSSR count). The lowest BCUT2D eigenvalue weighted by Gasteiger charge is -2.28. The molecule has 0 aliphatic rings. The van der Waals surface area contributed by atoms with E-state index in [0.717, 1.165) is 6.54 Å². The SMILES string of the molecule is CC(NCc1ccc[nH]1)C(C)(C)C. The van der Waals surface area contributed by atoms with Gasteiger partial charge in [0.15, 0.2) is 0 Å². The summed E-state index contributed by atoms with van der Waals surface area (Å²) < 4.78 is 0. The molecule has 0 aliphatic carbocycles. The Hall–Kier alpha value is -0.760.